The van der Waals surface area contributed by atoms with Crippen molar-refractivity contribution in [2.24, 2.45) is 0 Å². The van der Waals surface area contributed by atoms with E-state index in [1.54, 1.807) is 18.2 Å². The van der Waals surface area contributed by atoms with Crippen LogP contribution in [0.3, 0.4) is 0 Å². The van der Waals surface area contributed by atoms with Crippen LogP contribution in [0, 0.1) is 13.8 Å². The lowest BCUT2D eigenvalue weighted by atomic mass is 10.1. The van der Waals surface area contributed by atoms with E-state index in [2.05, 4.69) is 29.8 Å². The van der Waals surface area contributed by atoms with Gasteiger partial charge in [-0.05, 0) is 50.5 Å². The van der Waals surface area contributed by atoms with Crippen LogP contribution in [0.2, 0.25) is 0 Å². The number of carbonyl (C=O) groups is 1. The van der Waals surface area contributed by atoms with Gasteiger partial charge in [-0.15, -0.1) is 0 Å². The van der Waals surface area contributed by atoms with Gasteiger partial charge in [0.15, 0.2) is 0 Å². The Hall–Kier alpha value is -2.82. The van der Waals surface area contributed by atoms with Gasteiger partial charge in [0.2, 0.25) is 0 Å². The minimum atomic E-state index is -0.611. The lowest BCUT2D eigenvalue weighted by molar-refractivity contribution is 0.0947. The van der Waals surface area contributed by atoms with Gasteiger partial charge in [-0.1, -0.05) is 18.2 Å². The van der Waals surface area contributed by atoms with Gasteiger partial charge >= 0.3 is 5.63 Å². The van der Waals surface area contributed by atoms with Crippen molar-refractivity contribution in [2.75, 3.05) is 0 Å². The van der Waals surface area contributed by atoms with Gasteiger partial charge in [0, 0.05) is 29.4 Å². The van der Waals surface area contributed by atoms with Gasteiger partial charge in [0.05, 0.1) is 0 Å². The van der Waals surface area contributed by atoms with Crippen LogP contribution in [0.15, 0.2) is 45.6 Å². The molecule has 0 bridgehead atoms. The second-order valence-corrected chi connectivity index (χ2v) is 6.67. The number of aromatic nitrogens is 1. The molecular formula is C20H20N2O3. The van der Waals surface area contributed by atoms with E-state index in [0.29, 0.717) is 18.2 Å². The maximum absolute atomic E-state index is 12.5. The van der Waals surface area contributed by atoms with Gasteiger partial charge < -0.3 is 14.3 Å². The molecule has 5 heteroatoms. The molecule has 1 saturated carbocycles. The molecule has 25 heavy (non-hydrogen) atoms. The molecule has 1 N–H and O–H groups in total. The third-order valence-electron chi connectivity index (χ3n) is 4.83. The predicted octanol–water partition coefficient (Wildman–Crippen LogP) is 3.48. The van der Waals surface area contributed by atoms with Crippen LogP contribution in [0.4, 0.5) is 0 Å². The molecule has 0 spiro atoms. The lowest BCUT2D eigenvalue weighted by Gasteiger charge is -2.08. The third kappa shape index (κ3) is 2.86. The number of para-hydroxylation sites is 1. The second kappa shape index (κ2) is 5.92. The van der Waals surface area contributed by atoms with Crippen molar-refractivity contribution in [3.63, 3.8) is 0 Å². The number of fused-ring (bicyclic) bond motifs is 1. The predicted molar refractivity (Wildman–Crippen MR) is 95.8 cm³/mol. The largest absolute Gasteiger partial charge is 0.422 e. The van der Waals surface area contributed by atoms with Crippen LogP contribution < -0.4 is 10.9 Å². The zero-order valence-electron chi connectivity index (χ0n) is 14.3. The van der Waals surface area contributed by atoms with Gasteiger partial charge in [0.1, 0.15) is 11.1 Å². The Kier molecular flexibility index (Phi) is 3.71. The van der Waals surface area contributed by atoms with Crippen LogP contribution in [-0.4, -0.2) is 10.5 Å². The summed E-state index contributed by atoms with van der Waals surface area (Å²) in [6.07, 6.45) is 2.45. The molecule has 1 aromatic carbocycles. The molecule has 0 aliphatic heterocycles. The van der Waals surface area contributed by atoms with Crippen molar-refractivity contribution in [1.82, 2.24) is 9.88 Å². The fourth-order valence-electron chi connectivity index (χ4n) is 3.41. The van der Waals surface area contributed by atoms with Crippen LogP contribution in [0.5, 0.6) is 0 Å². The number of hydrogen-bond donors (Lipinski definition) is 1. The summed E-state index contributed by atoms with van der Waals surface area (Å²) < 4.78 is 7.57. The Bertz CT molecular complexity index is 1030. The average molecular weight is 336 g/mol. The maximum atomic E-state index is 12.5. The van der Waals surface area contributed by atoms with E-state index < -0.39 is 11.5 Å². The molecule has 0 unspecified atom stereocenters. The lowest BCUT2D eigenvalue weighted by Crippen LogP contribution is -2.28. The Morgan fingerprint density at radius 2 is 2.00 bits per heavy atom. The van der Waals surface area contributed by atoms with Crippen LogP contribution in [-0.2, 0) is 6.54 Å². The highest BCUT2D eigenvalue weighted by atomic mass is 16.4. The van der Waals surface area contributed by atoms with E-state index in [1.807, 2.05) is 12.1 Å². The Labute approximate surface area is 145 Å². The Morgan fingerprint density at radius 3 is 2.76 bits per heavy atom. The van der Waals surface area contributed by atoms with Crippen molar-refractivity contribution in [3.05, 3.63) is 69.3 Å². The van der Waals surface area contributed by atoms with E-state index in [0.717, 1.165) is 10.9 Å². The zero-order valence-corrected chi connectivity index (χ0v) is 14.3. The molecule has 0 atom stereocenters. The number of aryl methyl sites for hydroxylation is 1. The van der Waals surface area contributed by atoms with E-state index >= 15 is 0 Å². The number of amides is 1. The summed E-state index contributed by atoms with van der Waals surface area (Å²) in [6.45, 7) is 4.57. The fraction of sp³-hybridized carbons (Fsp3) is 0.300. The minimum absolute atomic E-state index is 0.0368. The summed E-state index contributed by atoms with van der Waals surface area (Å²) in [5.74, 6) is -0.407. The summed E-state index contributed by atoms with van der Waals surface area (Å²) in [5.41, 5.74) is 3.40. The smallest absolute Gasteiger partial charge is 0.349 e. The number of hydrogen-bond acceptors (Lipinski definition) is 3. The summed E-state index contributed by atoms with van der Waals surface area (Å²) >= 11 is 0. The number of nitrogens with zero attached hydrogens (tertiary/aromatic N) is 1. The number of carbonyl (C=O) groups excluding carboxylic acids is 1. The normalized spacial score (nSPS) is 14.0. The molecule has 4 rings (SSSR count). The highest BCUT2D eigenvalue weighted by Crippen LogP contribution is 2.38. The molecule has 128 valence electrons. The first-order valence-electron chi connectivity index (χ1n) is 8.53. The molecule has 5 nitrogen and oxygen atoms in total. The molecule has 0 radical (unpaired) electrons. The van der Waals surface area contributed by atoms with Crippen molar-refractivity contribution in [2.45, 2.75) is 39.3 Å². The summed E-state index contributed by atoms with van der Waals surface area (Å²) in [6, 6.07) is 11.5. The highest BCUT2D eigenvalue weighted by molar-refractivity contribution is 5.96. The molecule has 2 heterocycles. The number of benzene rings is 1. The molecule has 1 fully saturated rings. The van der Waals surface area contributed by atoms with Crippen molar-refractivity contribution in [1.29, 1.82) is 0 Å². The Balaban J connectivity index is 1.56. The number of nitrogens with one attached hydrogen (secondary N) is 1. The van der Waals surface area contributed by atoms with Crippen molar-refractivity contribution < 1.29 is 9.21 Å². The van der Waals surface area contributed by atoms with E-state index in [4.69, 9.17) is 4.42 Å². The van der Waals surface area contributed by atoms with E-state index in [-0.39, 0.29) is 5.56 Å². The van der Waals surface area contributed by atoms with Crippen LogP contribution in [0.25, 0.3) is 11.0 Å². The molecule has 3 aromatic rings. The molecule has 0 saturated heterocycles. The van der Waals surface area contributed by atoms with Gasteiger partial charge in [-0.2, -0.15) is 0 Å². The van der Waals surface area contributed by atoms with Crippen LogP contribution >= 0.6 is 0 Å². The Morgan fingerprint density at radius 1 is 1.24 bits per heavy atom. The first kappa shape index (κ1) is 15.7. The second-order valence-electron chi connectivity index (χ2n) is 6.67. The molecule has 2 aromatic heterocycles. The first-order valence-corrected chi connectivity index (χ1v) is 8.53. The minimum Gasteiger partial charge on any atom is -0.422 e. The summed E-state index contributed by atoms with van der Waals surface area (Å²) in [5, 5.41) is 3.58. The molecule has 1 aliphatic carbocycles. The zero-order chi connectivity index (χ0) is 17.6. The summed E-state index contributed by atoms with van der Waals surface area (Å²) in [7, 11) is 0. The number of rotatable bonds is 4. The van der Waals surface area contributed by atoms with Gasteiger partial charge in [-0.3, -0.25) is 4.79 Å². The van der Waals surface area contributed by atoms with E-state index in [1.165, 1.54) is 24.2 Å². The van der Waals surface area contributed by atoms with Crippen molar-refractivity contribution in [3.8, 4) is 0 Å². The standard InChI is InChI=1S/C20H20N2O3/c1-12-9-15(13(2)22(12)16-7-8-16)11-21-19(23)17-10-14-5-3-4-6-18(14)25-20(17)24/h3-6,9-10,16H,7-8,11H2,1-2H3,(H,21,23). The fourth-order valence-corrected chi connectivity index (χ4v) is 3.41. The monoisotopic (exact) mass is 336 g/mol. The first-order chi connectivity index (χ1) is 12.0. The summed E-state index contributed by atoms with van der Waals surface area (Å²) in [4.78, 5) is 24.5. The van der Waals surface area contributed by atoms with Crippen molar-refractivity contribution >= 4 is 16.9 Å². The molecule has 1 aliphatic rings. The highest BCUT2D eigenvalue weighted by Gasteiger charge is 2.27. The quantitative estimate of drug-likeness (QED) is 0.742. The maximum Gasteiger partial charge on any atom is 0.349 e. The topological polar surface area (TPSA) is 64.2 Å². The molecule has 1 amide bonds. The SMILES string of the molecule is Cc1cc(CNC(=O)c2cc3ccccc3oc2=O)c(C)n1C1CC1. The van der Waals surface area contributed by atoms with E-state index in [9.17, 15) is 9.59 Å². The van der Waals surface area contributed by atoms with Gasteiger partial charge in [0.25, 0.3) is 5.91 Å². The average Bonchev–Trinajstić information content (AvgIpc) is 3.38. The van der Waals surface area contributed by atoms with Crippen LogP contribution in [0.1, 0.15) is 46.2 Å². The third-order valence-corrected chi connectivity index (χ3v) is 4.83. The molecular weight excluding hydrogens is 316 g/mol. The van der Waals surface area contributed by atoms with Gasteiger partial charge in [-0.25, -0.2) is 4.79 Å².